The van der Waals surface area contributed by atoms with Crippen LogP contribution in [0.4, 0.5) is 4.39 Å². The van der Waals surface area contributed by atoms with Gasteiger partial charge in [0.15, 0.2) is 5.82 Å². The van der Waals surface area contributed by atoms with Crippen molar-refractivity contribution in [1.29, 1.82) is 0 Å². The Labute approximate surface area is 143 Å². The number of aromatic nitrogens is 4. The summed E-state index contributed by atoms with van der Waals surface area (Å²) in [7, 11) is 0. The minimum atomic E-state index is -0.227. The SMILES string of the molecule is O=C(Cc1nc2ncccn2n1)N1CC=C(c2ccccc2F)CC1. The second kappa shape index (κ2) is 6.43. The summed E-state index contributed by atoms with van der Waals surface area (Å²) in [6.45, 7) is 1.03. The van der Waals surface area contributed by atoms with Gasteiger partial charge >= 0.3 is 0 Å². The van der Waals surface area contributed by atoms with Gasteiger partial charge in [0.2, 0.25) is 5.91 Å². The van der Waals surface area contributed by atoms with E-state index in [1.807, 2.05) is 12.1 Å². The monoisotopic (exact) mass is 337 g/mol. The van der Waals surface area contributed by atoms with E-state index in [0.717, 1.165) is 5.57 Å². The maximum Gasteiger partial charge on any atom is 0.252 e. The molecule has 7 heteroatoms. The highest BCUT2D eigenvalue weighted by Gasteiger charge is 2.20. The molecule has 0 atom stereocenters. The van der Waals surface area contributed by atoms with Crippen LogP contribution in [-0.2, 0) is 11.2 Å². The molecule has 3 heterocycles. The fourth-order valence-corrected chi connectivity index (χ4v) is 2.96. The van der Waals surface area contributed by atoms with Crippen molar-refractivity contribution in [1.82, 2.24) is 24.5 Å². The minimum absolute atomic E-state index is 0.0419. The number of halogens is 1. The van der Waals surface area contributed by atoms with E-state index < -0.39 is 0 Å². The smallest absolute Gasteiger partial charge is 0.252 e. The molecule has 0 radical (unpaired) electrons. The summed E-state index contributed by atoms with van der Waals surface area (Å²) in [6, 6.07) is 8.48. The molecular weight excluding hydrogens is 321 g/mol. The first-order chi connectivity index (χ1) is 12.2. The van der Waals surface area contributed by atoms with Crippen molar-refractivity contribution in [3.05, 3.63) is 66.0 Å². The van der Waals surface area contributed by atoms with Gasteiger partial charge in [-0.3, -0.25) is 4.79 Å². The highest BCUT2D eigenvalue weighted by Crippen LogP contribution is 2.24. The highest BCUT2D eigenvalue weighted by molar-refractivity contribution is 5.80. The summed E-state index contributed by atoms with van der Waals surface area (Å²) in [5, 5.41) is 4.25. The van der Waals surface area contributed by atoms with Crippen molar-refractivity contribution in [2.75, 3.05) is 13.1 Å². The number of nitrogens with zero attached hydrogens (tertiary/aromatic N) is 5. The van der Waals surface area contributed by atoms with Crippen LogP contribution in [0.15, 0.2) is 48.8 Å². The number of carbonyl (C=O) groups is 1. The molecule has 6 nitrogen and oxygen atoms in total. The third-order valence-corrected chi connectivity index (χ3v) is 4.25. The molecule has 0 unspecified atom stereocenters. The van der Waals surface area contributed by atoms with Crippen LogP contribution in [0.2, 0.25) is 0 Å². The molecule has 0 aliphatic carbocycles. The van der Waals surface area contributed by atoms with Crippen molar-refractivity contribution in [2.24, 2.45) is 0 Å². The van der Waals surface area contributed by atoms with Crippen LogP contribution in [-0.4, -0.2) is 43.5 Å². The molecule has 0 saturated heterocycles. The predicted octanol–water partition coefficient (Wildman–Crippen LogP) is 2.12. The Hall–Kier alpha value is -3.09. The third-order valence-electron chi connectivity index (χ3n) is 4.25. The van der Waals surface area contributed by atoms with Gasteiger partial charge in [0.05, 0.1) is 6.42 Å². The Morgan fingerprint density at radius 2 is 2.12 bits per heavy atom. The van der Waals surface area contributed by atoms with E-state index in [1.54, 1.807) is 40.0 Å². The fourth-order valence-electron chi connectivity index (χ4n) is 2.96. The van der Waals surface area contributed by atoms with Gasteiger partial charge < -0.3 is 4.90 Å². The normalized spacial score (nSPS) is 14.6. The van der Waals surface area contributed by atoms with E-state index >= 15 is 0 Å². The van der Waals surface area contributed by atoms with Crippen LogP contribution in [0.1, 0.15) is 17.8 Å². The summed E-state index contributed by atoms with van der Waals surface area (Å²) < 4.78 is 15.4. The molecule has 1 aliphatic rings. The molecule has 1 aromatic carbocycles. The van der Waals surface area contributed by atoms with E-state index in [4.69, 9.17) is 0 Å². The first-order valence-corrected chi connectivity index (χ1v) is 8.09. The lowest BCUT2D eigenvalue weighted by Crippen LogP contribution is -2.36. The Bertz CT molecular complexity index is 932. The Balaban J connectivity index is 1.45. The van der Waals surface area contributed by atoms with Gasteiger partial charge in [0.25, 0.3) is 5.78 Å². The Kier molecular flexibility index (Phi) is 3.97. The van der Waals surface area contributed by atoms with E-state index in [-0.39, 0.29) is 18.1 Å². The summed E-state index contributed by atoms with van der Waals surface area (Å²) >= 11 is 0. The van der Waals surface area contributed by atoms with Crippen molar-refractivity contribution in [3.63, 3.8) is 0 Å². The van der Waals surface area contributed by atoms with Gasteiger partial charge in [-0.25, -0.2) is 13.9 Å². The summed E-state index contributed by atoms with van der Waals surface area (Å²) in [5.74, 6) is 0.660. The standard InChI is InChI=1S/C18H16FN5O/c19-15-5-2-1-4-14(15)13-6-10-23(11-7-13)17(25)12-16-21-18-20-8-3-9-24(18)22-16/h1-6,8-9H,7,10-12H2. The summed E-state index contributed by atoms with van der Waals surface area (Å²) in [5.41, 5.74) is 1.56. The van der Waals surface area contributed by atoms with Crippen LogP contribution < -0.4 is 0 Å². The Morgan fingerprint density at radius 1 is 1.24 bits per heavy atom. The average Bonchev–Trinajstić information content (AvgIpc) is 3.04. The number of rotatable bonds is 3. The zero-order chi connectivity index (χ0) is 17.2. The fraction of sp³-hybridized carbons (Fsp3) is 0.222. The molecule has 126 valence electrons. The highest BCUT2D eigenvalue weighted by atomic mass is 19.1. The largest absolute Gasteiger partial charge is 0.338 e. The number of carbonyl (C=O) groups excluding carboxylic acids is 1. The van der Waals surface area contributed by atoms with Gasteiger partial charge in [-0.05, 0) is 24.1 Å². The molecule has 0 spiro atoms. The molecule has 2 aromatic heterocycles. The van der Waals surface area contributed by atoms with Gasteiger partial charge in [0, 0.05) is 31.0 Å². The molecule has 0 saturated carbocycles. The molecule has 0 fully saturated rings. The van der Waals surface area contributed by atoms with Gasteiger partial charge in [-0.15, -0.1) is 5.10 Å². The zero-order valence-corrected chi connectivity index (χ0v) is 13.5. The van der Waals surface area contributed by atoms with E-state index in [9.17, 15) is 9.18 Å². The van der Waals surface area contributed by atoms with Crippen LogP contribution in [0, 0.1) is 5.82 Å². The third kappa shape index (κ3) is 3.13. The molecule has 1 amide bonds. The van der Waals surface area contributed by atoms with Gasteiger partial charge in [-0.1, -0.05) is 24.3 Å². The van der Waals surface area contributed by atoms with Gasteiger partial charge in [-0.2, -0.15) is 4.98 Å². The van der Waals surface area contributed by atoms with Crippen LogP contribution in [0.3, 0.4) is 0 Å². The van der Waals surface area contributed by atoms with E-state index in [1.165, 1.54) is 6.07 Å². The number of amides is 1. The van der Waals surface area contributed by atoms with E-state index in [0.29, 0.717) is 36.7 Å². The lowest BCUT2D eigenvalue weighted by molar-refractivity contribution is -0.130. The van der Waals surface area contributed by atoms with Crippen LogP contribution >= 0.6 is 0 Å². The number of hydrogen-bond donors (Lipinski definition) is 0. The first kappa shape index (κ1) is 15.4. The zero-order valence-electron chi connectivity index (χ0n) is 13.5. The molecule has 4 rings (SSSR count). The number of hydrogen-bond acceptors (Lipinski definition) is 4. The number of fused-ring (bicyclic) bond motifs is 1. The van der Waals surface area contributed by atoms with Crippen molar-refractivity contribution < 1.29 is 9.18 Å². The molecule has 0 N–H and O–H groups in total. The maximum atomic E-state index is 13.9. The molecule has 1 aliphatic heterocycles. The topological polar surface area (TPSA) is 63.4 Å². The van der Waals surface area contributed by atoms with Crippen molar-refractivity contribution in [2.45, 2.75) is 12.8 Å². The molecular formula is C18H16FN5O. The first-order valence-electron chi connectivity index (χ1n) is 8.09. The van der Waals surface area contributed by atoms with Crippen molar-refractivity contribution in [3.8, 4) is 0 Å². The number of benzene rings is 1. The van der Waals surface area contributed by atoms with Gasteiger partial charge in [0.1, 0.15) is 5.82 Å². The Morgan fingerprint density at radius 3 is 2.88 bits per heavy atom. The van der Waals surface area contributed by atoms with Crippen LogP contribution in [0.25, 0.3) is 11.4 Å². The molecule has 25 heavy (non-hydrogen) atoms. The molecule has 3 aromatic rings. The predicted molar refractivity (Wildman–Crippen MR) is 90.1 cm³/mol. The second-order valence-corrected chi connectivity index (χ2v) is 5.87. The summed E-state index contributed by atoms with van der Waals surface area (Å²) in [6.07, 6.45) is 6.06. The minimum Gasteiger partial charge on any atom is -0.338 e. The quantitative estimate of drug-likeness (QED) is 0.734. The van der Waals surface area contributed by atoms with Crippen molar-refractivity contribution >= 4 is 17.3 Å². The molecule has 0 bridgehead atoms. The summed E-state index contributed by atoms with van der Waals surface area (Å²) in [4.78, 5) is 22.5. The van der Waals surface area contributed by atoms with E-state index in [2.05, 4.69) is 15.1 Å². The lowest BCUT2D eigenvalue weighted by atomic mass is 9.99. The second-order valence-electron chi connectivity index (χ2n) is 5.87. The maximum absolute atomic E-state index is 13.9. The average molecular weight is 337 g/mol. The lowest BCUT2D eigenvalue weighted by Gasteiger charge is -2.26. The van der Waals surface area contributed by atoms with Crippen LogP contribution in [0.5, 0.6) is 0 Å².